The number of aromatic carboxylic acids is 1. The lowest BCUT2D eigenvalue weighted by molar-refractivity contribution is 0.0690. The van der Waals surface area contributed by atoms with E-state index in [1.165, 1.54) is 12.3 Å². The minimum absolute atomic E-state index is 0.0812. The zero-order valence-electron chi connectivity index (χ0n) is 18.0. The number of carbonyl (C=O) groups is 1. The fraction of sp³-hybridized carbons (Fsp3) is 0.125. The number of carboxylic acids is 1. The standard InChI is InChI=1S/C24H20IN3O4S/c1-15-6-9-19-5-4-12-26-22(19)23(15)33(31,32)28-17(3)20(13-16(2)25)10-7-18-8-11-21(24(29)30)27-14-18/h4-6,8-9,11-14,28H,1-3H3,(H,29,30)/b16-13+,20-17+. The molecule has 0 atom stereocenters. The molecular formula is C24H20IN3O4S. The SMILES string of the molecule is C/C(NS(=O)(=O)c1c(C)ccc2cccnc12)=C(C#Cc1ccc(C(=O)O)nc1)\C=C(/C)I. The third-order valence-corrected chi connectivity index (χ3v) is 6.49. The molecule has 33 heavy (non-hydrogen) atoms. The lowest BCUT2D eigenvalue weighted by Crippen LogP contribution is -2.24. The van der Waals surface area contributed by atoms with Crippen molar-refractivity contribution in [1.82, 2.24) is 14.7 Å². The quantitative estimate of drug-likeness (QED) is 0.263. The number of fused-ring (bicyclic) bond motifs is 1. The van der Waals surface area contributed by atoms with Crippen molar-refractivity contribution in [1.29, 1.82) is 0 Å². The molecule has 0 radical (unpaired) electrons. The summed E-state index contributed by atoms with van der Waals surface area (Å²) in [7, 11) is -3.94. The topological polar surface area (TPSA) is 109 Å². The molecule has 2 heterocycles. The van der Waals surface area contributed by atoms with Crippen LogP contribution in [0.5, 0.6) is 0 Å². The number of carboxylic acid groups (broad SMARTS) is 1. The van der Waals surface area contributed by atoms with Gasteiger partial charge >= 0.3 is 5.97 Å². The van der Waals surface area contributed by atoms with Gasteiger partial charge in [-0.3, -0.25) is 9.71 Å². The van der Waals surface area contributed by atoms with E-state index >= 15 is 0 Å². The maximum Gasteiger partial charge on any atom is 0.354 e. The van der Waals surface area contributed by atoms with Crippen molar-refractivity contribution < 1.29 is 18.3 Å². The molecule has 2 N–H and O–H groups in total. The van der Waals surface area contributed by atoms with Gasteiger partial charge in [0.25, 0.3) is 10.0 Å². The van der Waals surface area contributed by atoms with Crippen LogP contribution in [0.2, 0.25) is 0 Å². The smallest absolute Gasteiger partial charge is 0.354 e. The molecule has 7 nitrogen and oxygen atoms in total. The van der Waals surface area contributed by atoms with Gasteiger partial charge in [-0.2, -0.15) is 0 Å². The maximum atomic E-state index is 13.3. The first-order chi connectivity index (χ1) is 15.6. The van der Waals surface area contributed by atoms with Crippen LogP contribution < -0.4 is 4.72 Å². The Morgan fingerprint density at radius 1 is 1.15 bits per heavy atom. The van der Waals surface area contributed by atoms with Crippen LogP contribution in [0.3, 0.4) is 0 Å². The van der Waals surface area contributed by atoms with Crippen LogP contribution in [0.25, 0.3) is 10.9 Å². The van der Waals surface area contributed by atoms with Crippen LogP contribution in [0.4, 0.5) is 0 Å². The highest BCUT2D eigenvalue weighted by molar-refractivity contribution is 14.1. The molecule has 0 amide bonds. The molecule has 0 spiro atoms. The van der Waals surface area contributed by atoms with Gasteiger partial charge < -0.3 is 5.11 Å². The monoisotopic (exact) mass is 573 g/mol. The first kappa shape index (κ1) is 24.4. The summed E-state index contributed by atoms with van der Waals surface area (Å²) in [6.45, 7) is 5.23. The number of hydrogen-bond acceptors (Lipinski definition) is 5. The Hall–Kier alpha value is -3.23. The van der Waals surface area contributed by atoms with E-state index in [0.717, 1.165) is 8.97 Å². The number of nitrogens with zero attached hydrogens (tertiary/aromatic N) is 2. The molecule has 0 fully saturated rings. The van der Waals surface area contributed by atoms with E-state index in [0.29, 0.717) is 27.9 Å². The summed E-state index contributed by atoms with van der Waals surface area (Å²) in [4.78, 5) is 19.2. The lowest BCUT2D eigenvalue weighted by Gasteiger charge is -2.13. The lowest BCUT2D eigenvalue weighted by atomic mass is 10.1. The summed E-state index contributed by atoms with van der Waals surface area (Å²) in [6, 6.07) is 10.1. The van der Waals surface area contributed by atoms with E-state index in [4.69, 9.17) is 5.11 Å². The van der Waals surface area contributed by atoms with Crippen LogP contribution in [0, 0.1) is 18.8 Å². The van der Waals surface area contributed by atoms with E-state index in [1.54, 1.807) is 44.3 Å². The largest absolute Gasteiger partial charge is 0.477 e. The molecule has 9 heteroatoms. The highest BCUT2D eigenvalue weighted by atomic mass is 127. The summed E-state index contributed by atoms with van der Waals surface area (Å²) in [5.74, 6) is 4.74. The fourth-order valence-corrected chi connectivity index (χ4v) is 4.88. The highest BCUT2D eigenvalue weighted by Gasteiger charge is 2.22. The van der Waals surface area contributed by atoms with Crippen LogP contribution in [0.1, 0.15) is 35.5 Å². The fourth-order valence-electron chi connectivity index (χ4n) is 3.04. The van der Waals surface area contributed by atoms with Gasteiger partial charge in [0, 0.05) is 34.6 Å². The van der Waals surface area contributed by atoms with Crippen molar-refractivity contribution in [2.24, 2.45) is 0 Å². The Kier molecular flexibility index (Phi) is 7.50. The van der Waals surface area contributed by atoms with E-state index < -0.39 is 16.0 Å². The number of aromatic nitrogens is 2. The highest BCUT2D eigenvalue weighted by Crippen LogP contribution is 2.25. The average molecular weight is 573 g/mol. The minimum Gasteiger partial charge on any atom is -0.477 e. The minimum atomic E-state index is -3.94. The third kappa shape index (κ3) is 5.97. The van der Waals surface area contributed by atoms with Gasteiger partial charge in [-0.15, -0.1) is 0 Å². The summed E-state index contributed by atoms with van der Waals surface area (Å²) in [5, 5.41) is 9.70. The second-order valence-electron chi connectivity index (χ2n) is 7.15. The van der Waals surface area contributed by atoms with Gasteiger partial charge in [-0.05, 0) is 76.8 Å². The molecule has 0 bridgehead atoms. The van der Waals surface area contributed by atoms with Gasteiger partial charge in [0.2, 0.25) is 0 Å². The second kappa shape index (κ2) is 10.1. The van der Waals surface area contributed by atoms with Gasteiger partial charge in [0.1, 0.15) is 10.6 Å². The maximum absolute atomic E-state index is 13.3. The van der Waals surface area contributed by atoms with Crippen molar-refractivity contribution in [3.05, 3.63) is 86.5 Å². The zero-order valence-corrected chi connectivity index (χ0v) is 21.0. The van der Waals surface area contributed by atoms with E-state index in [-0.39, 0.29) is 10.6 Å². The molecule has 0 aliphatic carbocycles. The molecule has 1 aromatic carbocycles. The Morgan fingerprint density at radius 3 is 2.55 bits per heavy atom. The molecule has 168 valence electrons. The van der Waals surface area contributed by atoms with Crippen LogP contribution >= 0.6 is 22.6 Å². The zero-order chi connectivity index (χ0) is 24.2. The molecule has 0 saturated carbocycles. The number of hydrogen-bond donors (Lipinski definition) is 2. The number of pyridine rings is 2. The summed E-state index contributed by atoms with van der Waals surface area (Å²) >= 11 is 2.12. The molecule has 3 rings (SSSR count). The van der Waals surface area contributed by atoms with Gasteiger partial charge in [-0.25, -0.2) is 18.2 Å². The first-order valence-corrected chi connectivity index (χ1v) is 12.3. The van der Waals surface area contributed by atoms with Gasteiger partial charge in [-0.1, -0.05) is 30.0 Å². The number of rotatable bonds is 5. The van der Waals surface area contributed by atoms with E-state index in [2.05, 4.69) is 49.1 Å². The average Bonchev–Trinajstić information content (AvgIpc) is 2.75. The molecule has 0 aliphatic heterocycles. The number of aryl methyl sites for hydroxylation is 1. The molecule has 0 unspecified atom stereocenters. The molecular weight excluding hydrogens is 553 g/mol. The molecule has 0 saturated heterocycles. The van der Waals surface area contributed by atoms with Crippen molar-refractivity contribution in [2.75, 3.05) is 0 Å². The van der Waals surface area contributed by atoms with Crippen molar-refractivity contribution in [3.63, 3.8) is 0 Å². The van der Waals surface area contributed by atoms with E-state index in [1.807, 2.05) is 19.1 Å². The second-order valence-corrected chi connectivity index (χ2v) is 10.5. The van der Waals surface area contributed by atoms with Gasteiger partial charge in [0.05, 0.1) is 5.52 Å². The number of nitrogens with one attached hydrogen (secondary N) is 1. The molecule has 3 aromatic rings. The third-order valence-electron chi connectivity index (χ3n) is 4.55. The number of halogens is 1. The Morgan fingerprint density at radius 2 is 1.91 bits per heavy atom. The number of allylic oxidation sites excluding steroid dienone is 4. The predicted octanol–water partition coefficient (Wildman–Crippen LogP) is 4.58. The Labute approximate surface area is 205 Å². The van der Waals surface area contributed by atoms with Gasteiger partial charge in [0.15, 0.2) is 0 Å². The normalized spacial score (nSPS) is 12.5. The summed E-state index contributed by atoms with van der Waals surface area (Å²) < 4.78 is 30.2. The Bertz CT molecular complexity index is 1460. The van der Waals surface area contributed by atoms with Crippen molar-refractivity contribution in [2.45, 2.75) is 25.7 Å². The van der Waals surface area contributed by atoms with Crippen LogP contribution in [0.15, 0.2) is 74.6 Å². The van der Waals surface area contributed by atoms with Crippen LogP contribution in [-0.4, -0.2) is 29.5 Å². The van der Waals surface area contributed by atoms with Crippen molar-refractivity contribution >= 4 is 49.5 Å². The molecule has 2 aromatic heterocycles. The number of benzene rings is 1. The van der Waals surface area contributed by atoms with E-state index in [9.17, 15) is 13.2 Å². The number of sulfonamides is 1. The molecule has 0 aliphatic rings. The summed E-state index contributed by atoms with van der Waals surface area (Å²) in [5.41, 5.74) is 2.22. The Balaban J connectivity index is 2.04. The van der Waals surface area contributed by atoms with Crippen LogP contribution in [-0.2, 0) is 10.0 Å². The first-order valence-electron chi connectivity index (χ1n) is 9.71. The predicted molar refractivity (Wildman–Crippen MR) is 135 cm³/mol. The summed E-state index contributed by atoms with van der Waals surface area (Å²) in [6.07, 6.45) is 4.68. The van der Waals surface area contributed by atoms with Crippen molar-refractivity contribution in [3.8, 4) is 11.8 Å².